The Morgan fingerprint density at radius 2 is 0.973 bits per heavy atom. The number of hydrogen-bond donors (Lipinski definition) is 0. The van der Waals surface area contributed by atoms with Gasteiger partial charge in [0.15, 0.2) is 0 Å². The molecule has 37 heavy (non-hydrogen) atoms. The maximum absolute atomic E-state index is 5.70. The van der Waals surface area contributed by atoms with E-state index >= 15 is 0 Å². The molecule has 0 aliphatic heterocycles. The van der Waals surface area contributed by atoms with Gasteiger partial charge in [-0.1, -0.05) is 74.2 Å². The van der Waals surface area contributed by atoms with E-state index in [9.17, 15) is 0 Å². The molecule has 3 heteroatoms. The van der Waals surface area contributed by atoms with Crippen molar-refractivity contribution < 1.29 is 35.0 Å². The summed E-state index contributed by atoms with van der Waals surface area (Å²) in [4.78, 5) is 0. The molecular weight excluding hydrogens is 532 g/mol. The second kappa shape index (κ2) is 11.2. The molecule has 0 unspecified atom stereocenters. The summed E-state index contributed by atoms with van der Waals surface area (Å²) >= 11 is 0. The fourth-order valence-electron chi connectivity index (χ4n) is 4.99. The Morgan fingerprint density at radius 3 is 1.30 bits per heavy atom. The molecule has 2 aromatic heterocycles. The average molecular weight is 566 g/mol. The van der Waals surface area contributed by atoms with E-state index in [0.717, 1.165) is 23.0 Å². The third-order valence-electron chi connectivity index (χ3n) is 6.86. The molecular formula is C34H34O2Zr. The summed E-state index contributed by atoms with van der Waals surface area (Å²) in [6.45, 7) is 12.9. The van der Waals surface area contributed by atoms with E-state index < -0.39 is 0 Å². The largest absolute Gasteiger partial charge is 2.00 e. The Morgan fingerprint density at radius 1 is 0.568 bits per heavy atom. The fourth-order valence-corrected chi connectivity index (χ4v) is 4.99. The Kier molecular flexibility index (Phi) is 8.24. The number of hydrogen-bond acceptors (Lipinski definition) is 2. The van der Waals surface area contributed by atoms with Crippen LogP contribution in [0.2, 0.25) is 0 Å². The van der Waals surface area contributed by atoms with Crippen LogP contribution >= 0.6 is 0 Å². The molecule has 186 valence electrons. The molecule has 2 heterocycles. The third kappa shape index (κ3) is 5.68. The minimum atomic E-state index is 0. The van der Waals surface area contributed by atoms with Crippen molar-refractivity contribution in [3.8, 4) is 22.6 Å². The number of rotatable bonds is 4. The minimum Gasteiger partial charge on any atom is -0.496 e. The van der Waals surface area contributed by atoms with Crippen LogP contribution in [0, 0.1) is 13.8 Å². The van der Waals surface area contributed by atoms with Crippen molar-refractivity contribution in [2.24, 2.45) is 0 Å². The van der Waals surface area contributed by atoms with Crippen molar-refractivity contribution in [1.29, 1.82) is 0 Å². The summed E-state index contributed by atoms with van der Waals surface area (Å²) in [6.07, 6.45) is 0. The summed E-state index contributed by atoms with van der Waals surface area (Å²) < 4.78 is 11.4. The predicted molar refractivity (Wildman–Crippen MR) is 152 cm³/mol. The first kappa shape index (κ1) is 27.1. The van der Waals surface area contributed by atoms with E-state index in [2.05, 4.69) is 88.4 Å². The second-order valence-electron chi connectivity index (χ2n) is 10.3. The zero-order valence-corrected chi connectivity index (χ0v) is 25.0. The summed E-state index contributed by atoms with van der Waals surface area (Å²) in [7, 11) is 0. The normalized spacial score (nSPS) is 11.2. The average Bonchev–Trinajstić information content (AvgIpc) is 3.63. The SMILES string of the molecule is Cc1ccc(-c2cc3c(C(C)C)cccc3[cH-]2)o1.Cc1ccc(-c2cc3c(C(C)C)cccc3[cH-]2)o1.[Zr+2]. The van der Waals surface area contributed by atoms with Gasteiger partial charge in [0.1, 0.15) is 0 Å². The maximum atomic E-state index is 5.70. The quantitative estimate of drug-likeness (QED) is 0.199. The van der Waals surface area contributed by atoms with Crippen molar-refractivity contribution in [3.05, 3.63) is 108 Å². The zero-order chi connectivity index (χ0) is 25.4. The Hall–Kier alpha value is -2.90. The van der Waals surface area contributed by atoms with E-state index in [1.54, 1.807) is 0 Å². The van der Waals surface area contributed by atoms with E-state index in [-0.39, 0.29) is 26.2 Å². The molecule has 6 aromatic rings. The number of furan rings is 2. The molecule has 0 spiro atoms. The Labute approximate surface area is 239 Å². The molecule has 0 amide bonds. The molecule has 0 aliphatic carbocycles. The first-order valence-electron chi connectivity index (χ1n) is 12.8. The monoisotopic (exact) mass is 564 g/mol. The maximum Gasteiger partial charge on any atom is 2.00 e. The van der Waals surface area contributed by atoms with Crippen molar-refractivity contribution in [2.75, 3.05) is 0 Å². The molecule has 0 radical (unpaired) electrons. The van der Waals surface area contributed by atoms with Crippen LogP contribution in [0.25, 0.3) is 44.2 Å². The van der Waals surface area contributed by atoms with Gasteiger partial charge in [-0.25, -0.2) is 0 Å². The van der Waals surface area contributed by atoms with Crippen LogP contribution in [-0.4, -0.2) is 0 Å². The second-order valence-corrected chi connectivity index (χ2v) is 10.3. The summed E-state index contributed by atoms with van der Waals surface area (Å²) in [5.74, 6) is 4.92. The van der Waals surface area contributed by atoms with Gasteiger partial charge in [0.2, 0.25) is 0 Å². The van der Waals surface area contributed by atoms with E-state index in [4.69, 9.17) is 8.83 Å². The van der Waals surface area contributed by atoms with Crippen LogP contribution in [0.1, 0.15) is 62.2 Å². The van der Waals surface area contributed by atoms with Gasteiger partial charge in [0.05, 0.1) is 23.0 Å². The van der Waals surface area contributed by atoms with Crippen LogP contribution in [0.5, 0.6) is 0 Å². The fraction of sp³-hybridized carbons (Fsp3) is 0.235. The molecule has 2 nitrogen and oxygen atoms in total. The molecule has 0 saturated heterocycles. The molecule has 0 bridgehead atoms. The van der Waals surface area contributed by atoms with Gasteiger partial charge in [-0.15, -0.1) is 57.9 Å². The van der Waals surface area contributed by atoms with E-state index in [0.29, 0.717) is 11.8 Å². The van der Waals surface area contributed by atoms with E-state index in [1.165, 1.54) is 43.8 Å². The molecule has 6 rings (SSSR count). The van der Waals surface area contributed by atoms with Gasteiger partial charge in [-0.3, -0.25) is 0 Å². The number of aryl methyl sites for hydroxylation is 2. The molecule has 0 saturated carbocycles. The van der Waals surface area contributed by atoms with Crippen molar-refractivity contribution in [3.63, 3.8) is 0 Å². The van der Waals surface area contributed by atoms with Crippen LogP contribution in [0.15, 0.2) is 93.8 Å². The van der Waals surface area contributed by atoms with Crippen molar-refractivity contribution >= 4 is 21.5 Å². The van der Waals surface area contributed by atoms with Gasteiger partial charge in [-0.2, -0.15) is 0 Å². The standard InChI is InChI=1S/2C17H17O.Zr/c2*1-11(2)15-6-4-5-13-9-14(10-16(13)15)17-8-7-12(3)18-17;/h2*4-11H,1-3H3;/q2*-1;+2. The van der Waals surface area contributed by atoms with Gasteiger partial charge in [0, 0.05) is 0 Å². The van der Waals surface area contributed by atoms with Crippen LogP contribution in [-0.2, 0) is 26.2 Å². The Balaban J connectivity index is 0.000000168. The zero-order valence-electron chi connectivity index (χ0n) is 22.6. The third-order valence-corrected chi connectivity index (χ3v) is 6.86. The first-order chi connectivity index (χ1) is 17.3. The molecule has 4 aromatic carbocycles. The van der Waals surface area contributed by atoms with Crippen LogP contribution in [0.4, 0.5) is 0 Å². The van der Waals surface area contributed by atoms with Gasteiger partial charge < -0.3 is 8.83 Å². The minimum absolute atomic E-state index is 0. The van der Waals surface area contributed by atoms with Gasteiger partial charge >= 0.3 is 26.2 Å². The van der Waals surface area contributed by atoms with E-state index in [1.807, 2.05) is 38.1 Å². The number of fused-ring (bicyclic) bond motifs is 2. The van der Waals surface area contributed by atoms with Crippen LogP contribution < -0.4 is 0 Å². The molecule has 0 fully saturated rings. The van der Waals surface area contributed by atoms with Crippen LogP contribution in [0.3, 0.4) is 0 Å². The topological polar surface area (TPSA) is 26.3 Å². The van der Waals surface area contributed by atoms with Gasteiger partial charge in [-0.05, 0) is 49.9 Å². The summed E-state index contributed by atoms with van der Waals surface area (Å²) in [6, 6.07) is 30.0. The smallest absolute Gasteiger partial charge is 0.496 e. The molecule has 0 atom stereocenters. The van der Waals surface area contributed by atoms with Crippen molar-refractivity contribution in [1.82, 2.24) is 0 Å². The number of benzene rings is 2. The Bertz CT molecular complexity index is 1490. The van der Waals surface area contributed by atoms with Crippen molar-refractivity contribution in [2.45, 2.75) is 53.4 Å². The molecule has 0 N–H and O–H groups in total. The molecule has 0 aliphatic rings. The summed E-state index contributed by atoms with van der Waals surface area (Å²) in [5, 5.41) is 5.28. The first-order valence-corrected chi connectivity index (χ1v) is 12.8. The summed E-state index contributed by atoms with van der Waals surface area (Å²) in [5.41, 5.74) is 5.15. The predicted octanol–water partition coefficient (Wildman–Crippen LogP) is 10.5. The van der Waals surface area contributed by atoms with Gasteiger partial charge in [0.25, 0.3) is 0 Å².